The highest BCUT2D eigenvalue weighted by Gasteiger charge is 2.39. The zero-order valence-corrected chi connectivity index (χ0v) is 11.7. The Labute approximate surface area is 113 Å². The number of nitrogens with zero attached hydrogens (tertiary/aromatic N) is 2. The van der Waals surface area contributed by atoms with E-state index in [2.05, 4.69) is 32.7 Å². The van der Waals surface area contributed by atoms with E-state index >= 15 is 0 Å². The van der Waals surface area contributed by atoms with Crippen molar-refractivity contribution in [2.45, 2.75) is 45.6 Å². The molecule has 1 aromatic heterocycles. The summed E-state index contributed by atoms with van der Waals surface area (Å²) in [6.45, 7) is 5.84. The summed E-state index contributed by atoms with van der Waals surface area (Å²) in [5.41, 5.74) is -0.263. The van der Waals surface area contributed by atoms with Gasteiger partial charge in [-0.2, -0.15) is 5.10 Å². The molecule has 1 aliphatic heterocycles. The van der Waals surface area contributed by atoms with Gasteiger partial charge in [0.1, 0.15) is 12.2 Å². The zero-order chi connectivity index (χ0) is 13.7. The fourth-order valence-electron chi connectivity index (χ4n) is 2.81. The van der Waals surface area contributed by atoms with Crippen LogP contribution < -0.4 is 10.6 Å². The van der Waals surface area contributed by atoms with Crippen molar-refractivity contribution >= 4 is 5.91 Å². The molecule has 6 nitrogen and oxygen atoms in total. The van der Waals surface area contributed by atoms with E-state index in [1.165, 1.54) is 6.33 Å². The quantitative estimate of drug-likeness (QED) is 0.746. The van der Waals surface area contributed by atoms with Crippen LogP contribution in [-0.2, 0) is 4.79 Å². The Bertz CT molecular complexity index is 392. The van der Waals surface area contributed by atoms with Crippen molar-refractivity contribution in [1.29, 1.82) is 0 Å². The van der Waals surface area contributed by atoms with Crippen LogP contribution in [0.5, 0.6) is 0 Å². The van der Waals surface area contributed by atoms with Crippen molar-refractivity contribution in [2.24, 2.45) is 5.41 Å². The summed E-state index contributed by atoms with van der Waals surface area (Å²) in [6, 6.07) is -0.134. The number of amides is 1. The number of carbonyl (C=O) groups is 1. The lowest BCUT2D eigenvalue weighted by atomic mass is 9.76. The standard InChI is InChI=1S/C13H23N5O/c1-3-5-13(6-4-7-14-8-13)12(19)17-10(2)11-15-9-16-18-11/h9-10,14H,3-8H2,1-2H3,(H,17,19)(H,15,16,18). The normalized spacial score (nSPS) is 24.9. The average molecular weight is 265 g/mol. The van der Waals surface area contributed by atoms with E-state index in [0.717, 1.165) is 38.8 Å². The van der Waals surface area contributed by atoms with Gasteiger partial charge < -0.3 is 10.6 Å². The summed E-state index contributed by atoms with van der Waals surface area (Å²) in [5, 5.41) is 13.0. The third kappa shape index (κ3) is 3.12. The van der Waals surface area contributed by atoms with Gasteiger partial charge in [0, 0.05) is 6.54 Å². The maximum atomic E-state index is 12.6. The number of rotatable bonds is 5. The van der Waals surface area contributed by atoms with Gasteiger partial charge in [0.2, 0.25) is 5.91 Å². The molecule has 0 radical (unpaired) electrons. The molecule has 3 N–H and O–H groups in total. The number of hydrogen-bond acceptors (Lipinski definition) is 4. The molecule has 2 unspecified atom stereocenters. The molecule has 106 valence electrons. The summed E-state index contributed by atoms with van der Waals surface area (Å²) in [4.78, 5) is 16.7. The van der Waals surface area contributed by atoms with E-state index in [1.54, 1.807) is 0 Å². The minimum absolute atomic E-state index is 0.130. The molecular formula is C13H23N5O. The first-order valence-electron chi connectivity index (χ1n) is 7.05. The molecule has 2 rings (SSSR count). The van der Waals surface area contributed by atoms with Crippen LogP contribution in [0.3, 0.4) is 0 Å². The fourth-order valence-corrected chi connectivity index (χ4v) is 2.81. The zero-order valence-electron chi connectivity index (χ0n) is 11.7. The SMILES string of the molecule is CCCC1(C(=O)NC(C)c2ncn[nH]2)CCCNC1. The minimum atomic E-state index is -0.263. The Morgan fingerprint density at radius 3 is 3.05 bits per heavy atom. The van der Waals surface area contributed by atoms with Crippen LogP contribution in [0.1, 0.15) is 51.4 Å². The predicted molar refractivity (Wildman–Crippen MR) is 72.4 cm³/mol. The molecule has 0 spiro atoms. The van der Waals surface area contributed by atoms with Gasteiger partial charge in [-0.1, -0.05) is 13.3 Å². The molecule has 6 heteroatoms. The molecule has 1 saturated heterocycles. The van der Waals surface area contributed by atoms with Crippen LogP contribution in [0.2, 0.25) is 0 Å². The summed E-state index contributed by atoms with van der Waals surface area (Å²) >= 11 is 0. The van der Waals surface area contributed by atoms with Gasteiger partial charge in [-0.25, -0.2) is 4.98 Å². The summed E-state index contributed by atoms with van der Waals surface area (Å²) in [7, 11) is 0. The molecule has 1 fully saturated rings. The fraction of sp³-hybridized carbons (Fsp3) is 0.769. The number of aromatic nitrogens is 3. The van der Waals surface area contributed by atoms with Gasteiger partial charge in [-0.15, -0.1) is 0 Å². The molecule has 0 saturated carbocycles. The lowest BCUT2D eigenvalue weighted by molar-refractivity contribution is -0.133. The predicted octanol–water partition coefficient (Wildman–Crippen LogP) is 1.15. The van der Waals surface area contributed by atoms with Crippen LogP contribution in [0.15, 0.2) is 6.33 Å². The highest BCUT2D eigenvalue weighted by molar-refractivity contribution is 5.83. The Balaban J connectivity index is 2.03. The number of carbonyl (C=O) groups excluding carboxylic acids is 1. The Morgan fingerprint density at radius 2 is 2.47 bits per heavy atom. The van der Waals surface area contributed by atoms with E-state index in [-0.39, 0.29) is 17.4 Å². The largest absolute Gasteiger partial charge is 0.346 e. The molecule has 0 aliphatic carbocycles. The number of H-pyrrole nitrogens is 1. The number of piperidine rings is 1. The van der Waals surface area contributed by atoms with Gasteiger partial charge in [-0.3, -0.25) is 9.89 Å². The first-order valence-corrected chi connectivity index (χ1v) is 7.05. The third-order valence-corrected chi connectivity index (χ3v) is 3.87. The van der Waals surface area contributed by atoms with Crippen LogP contribution >= 0.6 is 0 Å². The van der Waals surface area contributed by atoms with Gasteiger partial charge in [-0.05, 0) is 32.7 Å². The average Bonchev–Trinajstić information content (AvgIpc) is 2.94. The van der Waals surface area contributed by atoms with Crippen LogP contribution in [0.25, 0.3) is 0 Å². The molecule has 19 heavy (non-hydrogen) atoms. The van der Waals surface area contributed by atoms with Gasteiger partial charge in [0.15, 0.2) is 0 Å². The van der Waals surface area contributed by atoms with Crippen LogP contribution in [0, 0.1) is 5.41 Å². The molecule has 2 atom stereocenters. The van der Waals surface area contributed by atoms with Gasteiger partial charge in [0.05, 0.1) is 11.5 Å². The first-order chi connectivity index (χ1) is 9.18. The Hall–Kier alpha value is -1.43. The summed E-state index contributed by atoms with van der Waals surface area (Å²) in [5.74, 6) is 0.828. The van der Waals surface area contributed by atoms with Crippen molar-refractivity contribution in [3.05, 3.63) is 12.2 Å². The highest BCUT2D eigenvalue weighted by atomic mass is 16.2. The summed E-state index contributed by atoms with van der Waals surface area (Å²) in [6.07, 6.45) is 5.43. The van der Waals surface area contributed by atoms with E-state index < -0.39 is 0 Å². The summed E-state index contributed by atoms with van der Waals surface area (Å²) < 4.78 is 0. The molecule has 1 amide bonds. The van der Waals surface area contributed by atoms with E-state index in [9.17, 15) is 4.79 Å². The topological polar surface area (TPSA) is 82.7 Å². The first kappa shape index (κ1) is 14.0. The van der Waals surface area contributed by atoms with Crippen LogP contribution in [-0.4, -0.2) is 34.2 Å². The number of nitrogens with one attached hydrogen (secondary N) is 3. The van der Waals surface area contributed by atoms with E-state index in [1.807, 2.05) is 6.92 Å². The maximum Gasteiger partial charge on any atom is 0.228 e. The van der Waals surface area contributed by atoms with Crippen molar-refractivity contribution in [3.63, 3.8) is 0 Å². The van der Waals surface area contributed by atoms with Crippen molar-refractivity contribution in [2.75, 3.05) is 13.1 Å². The van der Waals surface area contributed by atoms with Crippen molar-refractivity contribution in [3.8, 4) is 0 Å². The minimum Gasteiger partial charge on any atom is -0.346 e. The lowest BCUT2D eigenvalue weighted by Crippen LogP contribution is -2.51. The van der Waals surface area contributed by atoms with Gasteiger partial charge >= 0.3 is 0 Å². The number of hydrogen-bond donors (Lipinski definition) is 3. The molecule has 0 aromatic carbocycles. The molecular weight excluding hydrogens is 242 g/mol. The Kier molecular flexibility index (Phi) is 4.52. The highest BCUT2D eigenvalue weighted by Crippen LogP contribution is 2.32. The molecule has 1 aromatic rings. The molecule has 1 aliphatic rings. The van der Waals surface area contributed by atoms with E-state index in [0.29, 0.717) is 5.82 Å². The second-order valence-corrected chi connectivity index (χ2v) is 5.38. The second kappa shape index (κ2) is 6.14. The monoisotopic (exact) mass is 265 g/mol. The van der Waals surface area contributed by atoms with Gasteiger partial charge in [0.25, 0.3) is 0 Å². The molecule has 0 bridgehead atoms. The number of aromatic amines is 1. The smallest absolute Gasteiger partial charge is 0.228 e. The maximum absolute atomic E-state index is 12.6. The second-order valence-electron chi connectivity index (χ2n) is 5.38. The molecule has 2 heterocycles. The van der Waals surface area contributed by atoms with Crippen molar-refractivity contribution < 1.29 is 4.79 Å². The van der Waals surface area contributed by atoms with Crippen LogP contribution in [0.4, 0.5) is 0 Å². The van der Waals surface area contributed by atoms with E-state index in [4.69, 9.17) is 0 Å². The Morgan fingerprint density at radius 1 is 1.63 bits per heavy atom. The lowest BCUT2D eigenvalue weighted by Gasteiger charge is -2.36. The van der Waals surface area contributed by atoms with Crippen molar-refractivity contribution in [1.82, 2.24) is 25.8 Å². The third-order valence-electron chi connectivity index (χ3n) is 3.87.